The van der Waals surface area contributed by atoms with Gasteiger partial charge in [0, 0.05) is 25.7 Å². The third-order valence-corrected chi connectivity index (χ3v) is 7.78. The molecular formula is C31H34Cl2F6N4O2. The van der Waals surface area contributed by atoms with Crippen molar-refractivity contribution in [2.24, 2.45) is 0 Å². The van der Waals surface area contributed by atoms with E-state index >= 15 is 0 Å². The van der Waals surface area contributed by atoms with Crippen LogP contribution in [0.4, 0.5) is 26.3 Å². The summed E-state index contributed by atoms with van der Waals surface area (Å²) in [4.78, 5) is 13.3. The minimum absolute atomic E-state index is 0.0237. The molecule has 0 aliphatic rings. The van der Waals surface area contributed by atoms with Gasteiger partial charge in [-0.1, -0.05) is 66.5 Å². The van der Waals surface area contributed by atoms with Crippen LogP contribution in [0.1, 0.15) is 60.4 Å². The average Bonchev–Trinajstić information content (AvgIpc) is 2.99. The third kappa shape index (κ3) is 11.2. The molecule has 1 amide bonds. The lowest BCUT2D eigenvalue weighted by atomic mass is 10.0. The molecule has 3 aromatic rings. The van der Waals surface area contributed by atoms with Crippen molar-refractivity contribution < 1.29 is 36.2 Å². The second-order valence-electron chi connectivity index (χ2n) is 10.5. The Kier molecular flexibility index (Phi) is 13.1. The summed E-state index contributed by atoms with van der Waals surface area (Å²) in [6.45, 7) is 4.55. The summed E-state index contributed by atoms with van der Waals surface area (Å²) in [5.41, 5.74) is -2.24. The zero-order valence-corrected chi connectivity index (χ0v) is 25.9. The van der Waals surface area contributed by atoms with E-state index in [2.05, 4.69) is 21.3 Å². The summed E-state index contributed by atoms with van der Waals surface area (Å²) in [5.74, 6) is -0.442. The predicted octanol–water partition coefficient (Wildman–Crippen LogP) is 7.02. The molecule has 0 aromatic heterocycles. The molecule has 0 aliphatic carbocycles. The summed E-state index contributed by atoms with van der Waals surface area (Å²) in [5, 5.41) is 23.0. The van der Waals surface area contributed by atoms with E-state index in [4.69, 9.17) is 23.2 Å². The Bertz CT molecular complexity index is 1380. The summed E-state index contributed by atoms with van der Waals surface area (Å²) < 4.78 is 80.0. The summed E-state index contributed by atoms with van der Waals surface area (Å²) in [6.07, 6.45) is -11.4. The van der Waals surface area contributed by atoms with Gasteiger partial charge in [-0.3, -0.25) is 10.1 Å². The van der Waals surface area contributed by atoms with Crippen molar-refractivity contribution >= 4 is 29.1 Å². The van der Waals surface area contributed by atoms with Crippen molar-refractivity contribution in [3.63, 3.8) is 0 Å². The largest absolute Gasteiger partial charge is 0.416 e. The highest BCUT2D eigenvalue weighted by atomic mass is 35.5. The monoisotopic (exact) mass is 678 g/mol. The number of carbonyl (C=O) groups excluding carboxylic acids is 1. The van der Waals surface area contributed by atoms with Crippen molar-refractivity contribution in [2.75, 3.05) is 13.1 Å². The van der Waals surface area contributed by atoms with E-state index in [9.17, 15) is 36.2 Å². The fourth-order valence-corrected chi connectivity index (χ4v) is 4.81. The molecule has 3 rings (SSSR count). The normalized spacial score (nSPS) is 14.9. The highest BCUT2D eigenvalue weighted by Crippen LogP contribution is 2.37. The molecule has 5 N–H and O–H groups in total. The van der Waals surface area contributed by atoms with E-state index in [-0.39, 0.29) is 28.7 Å². The van der Waals surface area contributed by atoms with Crippen molar-refractivity contribution in [3.8, 4) is 0 Å². The van der Waals surface area contributed by atoms with Gasteiger partial charge >= 0.3 is 12.4 Å². The number of halogens is 8. The first kappa shape index (κ1) is 36.6. The number of hydrogen-bond acceptors (Lipinski definition) is 5. The first-order chi connectivity index (χ1) is 21.1. The van der Waals surface area contributed by atoms with E-state index in [1.54, 1.807) is 13.0 Å². The van der Waals surface area contributed by atoms with Crippen LogP contribution in [0.3, 0.4) is 0 Å². The molecule has 4 unspecified atom stereocenters. The van der Waals surface area contributed by atoms with Gasteiger partial charge in [0.15, 0.2) is 0 Å². The highest BCUT2D eigenvalue weighted by Gasteiger charge is 2.37. The molecular weight excluding hydrogens is 645 g/mol. The Morgan fingerprint density at radius 1 is 0.844 bits per heavy atom. The number of amides is 1. The molecule has 4 atom stereocenters. The van der Waals surface area contributed by atoms with E-state index in [1.807, 2.05) is 37.3 Å². The van der Waals surface area contributed by atoms with Crippen LogP contribution in [0.2, 0.25) is 10.0 Å². The number of rotatable bonds is 14. The number of aliphatic hydroxyl groups excluding tert-OH is 1. The lowest BCUT2D eigenvalue weighted by Crippen LogP contribution is -2.51. The second kappa shape index (κ2) is 16.1. The fourth-order valence-electron chi connectivity index (χ4n) is 4.50. The Hall–Kier alpha value is -2.87. The zero-order chi connectivity index (χ0) is 33.4. The molecule has 3 aromatic carbocycles. The van der Waals surface area contributed by atoms with E-state index in [0.717, 1.165) is 5.56 Å². The molecule has 0 fully saturated rings. The first-order valence-electron chi connectivity index (χ1n) is 14.0. The van der Waals surface area contributed by atoms with Crippen LogP contribution in [0.5, 0.6) is 0 Å². The van der Waals surface area contributed by atoms with Gasteiger partial charge in [-0.05, 0) is 60.4 Å². The molecule has 6 nitrogen and oxygen atoms in total. The quantitative estimate of drug-likeness (QED) is 0.0936. The van der Waals surface area contributed by atoms with E-state index in [0.29, 0.717) is 37.2 Å². The lowest BCUT2D eigenvalue weighted by molar-refractivity contribution is -0.143. The summed E-state index contributed by atoms with van der Waals surface area (Å²) >= 11 is 12.2. The standard InChI is InChI=1S/C31H34Cl2F6N4O2/c1-3-24(16-40-15-19-7-5-4-6-8-19)42-18(2)28(44)43-27(20-9-10-25(32)26(33)13-20)17-41-29(45)21-11-22(30(34,35)36)14-23(12-21)31(37,38)39/h4-14,18,24,27,29,40-42,45H,3,15-17H2,1-2H3,(H,43,44). The van der Waals surface area contributed by atoms with E-state index in [1.165, 1.54) is 12.1 Å². The number of alkyl halides is 6. The van der Waals surface area contributed by atoms with Gasteiger partial charge in [0.1, 0.15) is 6.23 Å². The van der Waals surface area contributed by atoms with Crippen molar-refractivity contribution in [3.05, 3.63) is 105 Å². The van der Waals surface area contributed by atoms with Crippen molar-refractivity contribution in [1.29, 1.82) is 0 Å². The lowest BCUT2D eigenvalue weighted by Gasteiger charge is -2.27. The Balaban J connectivity index is 1.73. The van der Waals surface area contributed by atoms with Crippen LogP contribution in [0, 0.1) is 0 Å². The molecule has 0 aliphatic heterocycles. The maximum Gasteiger partial charge on any atom is 0.416 e. The molecule has 246 valence electrons. The molecule has 0 saturated carbocycles. The first-order valence-corrected chi connectivity index (χ1v) is 14.8. The van der Waals surface area contributed by atoms with Crippen molar-refractivity contribution in [2.45, 2.75) is 63.5 Å². The Morgan fingerprint density at radius 2 is 1.47 bits per heavy atom. The summed E-state index contributed by atoms with van der Waals surface area (Å²) in [7, 11) is 0. The maximum absolute atomic E-state index is 13.3. The van der Waals surface area contributed by atoms with Gasteiger partial charge in [-0.25, -0.2) is 0 Å². The zero-order valence-electron chi connectivity index (χ0n) is 24.4. The van der Waals surface area contributed by atoms with Gasteiger partial charge < -0.3 is 21.1 Å². The highest BCUT2D eigenvalue weighted by molar-refractivity contribution is 6.42. The van der Waals surface area contributed by atoms with Gasteiger partial charge in [-0.2, -0.15) is 26.3 Å². The molecule has 45 heavy (non-hydrogen) atoms. The van der Waals surface area contributed by atoms with Crippen LogP contribution in [0.25, 0.3) is 0 Å². The molecule has 0 radical (unpaired) electrons. The summed E-state index contributed by atoms with van der Waals surface area (Å²) in [6, 6.07) is 13.5. The SMILES string of the molecule is CCC(CNCc1ccccc1)NC(C)C(=O)NC(CNC(O)c1cc(C(F)(F)F)cc(C(F)(F)F)c1)c1ccc(Cl)c(Cl)c1. The van der Waals surface area contributed by atoms with Gasteiger partial charge in [0.05, 0.1) is 33.3 Å². The number of benzene rings is 3. The fraction of sp³-hybridized carbons (Fsp3) is 0.387. The predicted molar refractivity (Wildman–Crippen MR) is 162 cm³/mol. The molecule has 0 heterocycles. The molecule has 0 saturated heterocycles. The average molecular weight is 680 g/mol. The van der Waals surface area contributed by atoms with Crippen LogP contribution in [-0.2, 0) is 23.7 Å². The number of aliphatic hydroxyl groups is 1. The van der Waals surface area contributed by atoms with Crippen LogP contribution < -0.4 is 21.3 Å². The minimum atomic E-state index is -5.08. The third-order valence-electron chi connectivity index (χ3n) is 7.04. The number of nitrogens with one attached hydrogen (secondary N) is 4. The van der Waals surface area contributed by atoms with Gasteiger partial charge in [0.2, 0.25) is 5.91 Å². The van der Waals surface area contributed by atoms with Crippen LogP contribution in [0.15, 0.2) is 66.7 Å². The van der Waals surface area contributed by atoms with Gasteiger partial charge in [0.25, 0.3) is 0 Å². The molecule has 0 spiro atoms. The number of hydrogen-bond donors (Lipinski definition) is 5. The molecule has 0 bridgehead atoms. The van der Waals surface area contributed by atoms with Crippen molar-refractivity contribution in [1.82, 2.24) is 21.3 Å². The van der Waals surface area contributed by atoms with Crippen LogP contribution >= 0.6 is 23.2 Å². The molecule has 14 heteroatoms. The second-order valence-corrected chi connectivity index (χ2v) is 11.3. The Labute approximate surface area is 267 Å². The number of carbonyl (C=O) groups is 1. The smallest absolute Gasteiger partial charge is 0.374 e. The topological polar surface area (TPSA) is 85.4 Å². The maximum atomic E-state index is 13.3. The Morgan fingerprint density at radius 3 is 2.02 bits per heavy atom. The van der Waals surface area contributed by atoms with Crippen LogP contribution in [-0.4, -0.2) is 36.2 Å². The van der Waals surface area contributed by atoms with E-state index < -0.39 is 53.3 Å². The van der Waals surface area contributed by atoms with Gasteiger partial charge in [-0.15, -0.1) is 0 Å². The minimum Gasteiger partial charge on any atom is -0.374 e.